The van der Waals surface area contributed by atoms with Gasteiger partial charge in [0.25, 0.3) is 0 Å². The van der Waals surface area contributed by atoms with Crippen LogP contribution in [0.25, 0.3) is 0 Å². The van der Waals surface area contributed by atoms with Gasteiger partial charge >= 0.3 is 0 Å². The first-order valence-electron chi connectivity index (χ1n) is 4.89. The van der Waals surface area contributed by atoms with Crippen LogP contribution in [-0.4, -0.2) is 11.8 Å². The summed E-state index contributed by atoms with van der Waals surface area (Å²) < 4.78 is 0. The Balaban J connectivity index is 2.41. The van der Waals surface area contributed by atoms with Crippen LogP contribution < -0.4 is 5.73 Å². The zero-order valence-corrected chi connectivity index (χ0v) is 8.05. The zero-order valence-electron chi connectivity index (χ0n) is 8.05. The normalized spacial score (nSPS) is 29.7. The van der Waals surface area contributed by atoms with Gasteiger partial charge in [-0.3, -0.25) is 4.79 Å². The first kappa shape index (κ1) is 9.72. The number of Topliss-reactive ketones (excluding diaryl/α,β-unsaturated/α-hetero) is 1. The summed E-state index contributed by atoms with van der Waals surface area (Å²) in [6.45, 7) is 4.16. The molecule has 0 saturated heterocycles. The van der Waals surface area contributed by atoms with E-state index in [1.807, 2.05) is 0 Å². The molecule has 0 amide bonds. The average Bonchev–Trinajstić information content (AvgIpc) is 2.33. The summed E-state index contributed by atoms with van der Waals surface area (Å²) in [7, 11) is 0. The number of carbonyl (C=O) groups is 1. The van der Waals surface area contributed by atoms with Crippen LogP contribution in [0.1, 0.15) is 39.5 Å². The molecule has 2 heteroatoms. The Hall–Kier alpha value is -0.370. The fourth-order valence-corrected chi connectivity index (χ4v) is 1.94. The fraction of sp³-hybridized carbons (Fsp3) is 0.900. The summed E-state index contributed by atoms with van der Waals surface area (Å²) in [5.74, 6) is 1.03. The monoisotopic (exact) mass is 169 g/mol. The van der Waals surface area contributed by atoms with Crippen molar-refractivity contribution in [2.75, 3.05) is 0 Å². The molecule has 0 aromatic heterocycles. The quantitative estimate of drug-likeness (QED) is 0.699. The van der Waals surface area contributed by atoms with Gasteiger partial charge in [-0.15, -0.1) is 0 Å². The van der Waals surface area contributed by atoms with E-state index in [0.717, 1.165) is 19.3 Å². The molecule has 0 spiro atoms. The highest BCUT2D eigenvalue weighted by molar-refractivity contribution is 5.82. The highest BCUT2D eigenvalue weighted by Gasteiger charge is 2.29. The number of hydrogen-bond donors (Lipinski definition) is 1. The van der Waals surface area contributed by atoms with E-state index in [9.17, 15) is 4.79 Å². The number of carbonyl (C=O) groups excluding carboxylic acids is 1. The molecule has 70 valence electrons. The predicted octanol–water partition coefficient (Wildman–Crippen LogP) is 1.73. The predicted molar refractivity (Wildman–Crippen MR) is 49.8 cm³/mol. The summed E-state index contributed by atoms with van der Waals surface area (Å²) in [6.07, 6.45) is 3.90. The number of rotatable bonds is 3. The Kier molecular flexibility index (Phi) is 3.27. The van der Waals surface area contributed by atoms with Crippen LogP contribution >= 0.6 is 0 Å². The Bertz CT molecular complexity index is 165. The molecule has 1 aliphatic carbocycles. The van der Waals surface area contributed by atoms with Crippen LogP contribution in [0.4, 0.5) is 0 Å². The summed E-state index contributed by atoms with van der Waals surface area (Å²) >= 11 is 0. The van der Waals surface area contributed by atoms with Gasteiger partial charge in [-0.1, -0.05) is 20.3 Å². The third-order valence-corrected chi connectivity index (χ3v) is 2.59. The lowest BCUT2D eigenvalue weighted by Crippen LogP contribution is -2.31. The molecule has 0 aliphatic heterocycles. The lowest BCUT2D eigenvalue weighted by molar-refractivity contribution is -0.123. The fourth-order valence-electron chi connectivity index (χ4n) is 1.94. The molecule has 1 fully saturated rings. The third-order valence-electron chi connectivity index (χ3n) is 2.59. The number of ketones is 1. The molecule has 0 aromatic carbocycles. The first-order valence-corrected chi connectivity index (χ1v) is 4.89. The molecule has 12 heavy (non-hydrogen) atoms. The van der Waals surface area contributed by atoms with Crippen molar-refractivity contribution in [3.05, 3.63) is 0 Å². The van der Waals surface area contributed by atoms with E-state index in [0.29, 0.717) is 18.1 Å². The Labute approximate surface area is 74.5 Å². The summed E-state index contributed by atoms with van der Waals surface area (Å²) in [5, 5.41) is 0. The van der Waals surface area contributed by atoms with Gasteiger partial charge in [0.2, 0.25) is 0 Å². The van der Waals surface area contributed by atoms with Gasteiger partial charge in [-0.05, 0) is 18.8 Å². The summed E-state index contributed by atoms with van der Waals surface area (Å²) in [5.41, 5.74) is 5.83. The van der Waals surface area contributed by atoms with Crippen LogP contribution in [0, 0.1) is 11.8 Å². The van der Waals surface area contributed by atoms with Gasteiger partial charge in [0.05, 0.1) is 0 Å². The summed E-state index contributed by atoms with van der Waals surface area (Å²) in [6, 6.07) is 0.149. The van der Waals surface area contributed by atoms with E-state index < -0.39 is 0 Å². The lowest BCUT2D eigenvalue weighted by Gasteiger charge is -2.14. The second-order valence-corrected chi connectivity index (χ2v) is 4.27. The van der Waals surface area contributed by atoms with E-state index in [4.69, 9.17) is 5.73 Å². The second kappa shape index (κ2) is 4.04. The molecular formula is C10H19NO. The molecular weight excluding hydrogens is 150 g/mol. The maximum absolute atomic E-state index is 11.6. The molecule has 1 rings (SSSR count). The summed E-state index contributed by atoms with van der Waals surface area (Å²) in [4.78, 5) is 11.6. The van der Waals surface area contributed by atoms with Crippen molar-refractivity contribution in [2.24, 2.45) is 17.6 Å². The van der Waals surface area contributed by atoms with Crippen LogP contribution in [0.2, 0.25) is 0 Å². The van der Waals surface area contributed by atoms with Gasteiger partial charge in [0, 0.05) is 18.4 Å². The van der Waals surface area contributed by atoms with Crippen molar-refractivity contribution in [1.29, 1.82) is 0 Å². The van der Waals surface area contributed by atoms with E-state index in [1.54, 1.807) is 0 Å². The van der Waals surface area contributed by atoms with E-state index in [1.165, 1.54) is 0 Å². The van der Waals surface area contributed by atoms with Gasteiger partial charge in [-0.25, -0.2) is 0 Å². The van der Waals surface area contributed by atoms with Gasteiger partial charge in [-0.2, -0.15) is 0 Å². The second-order valence-electron chi connectivity index (χ2n) is 4.27. The molecule has 1 aliphatic rings. The largest absolute Gasteiger partial charge is 0.327 e. The van der Waals surface area contributed by atoms with Crippen LogP contribution in [0.5, 0.6) is 0 Å². The highest BCUT2D eigenvalue weighted by Crippen LogP contribution is 2.26. The minimum absolute atomic E-state index is 0.149. The standard InChI is InChI=1S/C10H19NO/c1-7(2)6-10(12)8-4-3-5-9(8)11/h7-9H,3-6,11H2,1-2H3. The SMILES string of the molecule is CC(C)CC(=O)C1CCCC1N. The van der Waals surface area contributed by atoms with Crippen molar-refractivity contribution in [1.82, 2.24) is 0 Å². The van der Waals surface area contributed by atoms with Crippen molar-refractivity contribution in [2.45, 2.75) is 45.6 Å². The van der Waals surface area contributed by atoms with Gasteiger partial charge in [0.1, 0.15) is 5.78 Å². The topological polar surface area (TPSA) is 43.1 Å². The smallest absolute Gasteiger partial charge is 0.137 e. The minimum Gasteiger partial charge on any atom is -0.327 e. The van der Waals surface area contributed by atoms with Crippen LogP contribution in [-0.2, 0) is 4.79 Å². The molecule has 0 bridgehead atoms. The lowest BCUT2D eigenvalue weighted by atomic mass is 9.93. The van der Waals surface area contributed by atoms with Crippen molar-refractivity contribution >= 4 is 5.78 Å². The van der Waals surface area contributed by atoms with Crippen molar-refractivity contribution in [3.8, 4) is 0 Å². The van der Waals surface area contributed by atoms with Crippen molar-refractivity contribution in [3.63, 3.8) is 0 Å². The van der Waals surface area contributed by atoms with Crippen LogP contribution in [0.3, 0.4) is 0 Å². The Morgan fingerprint density at radius 1 is 1.50 bits per heavy atom. The van der Waals surface area contributed by atoms with E-state index >= 15 is 0 Å². The molecule has 2 unspecified atom stereocenters. The highest BCUT2D eigenvalue weighted by atomic mass is 16.1. The van der Waals surface area contributed by atoms with Gasteiger partial charge < -0.3 is 5.73 Å². The Morgan fingerprint density at radius 3 is 2.58 bits per heavy atom. The maximum Gasteiger partial charge on any atom is 0.137 e. The molecule has 2 nitrogen and oxygen atoms in total. The Morgan fingerprint density at radius 2 is 2.17 bits per heavy atom. The zero-order chi connectivity index (χ0) is 9.14. The molecule has 0 heterocycles. The van der Waals surface area contributed by atoms with Gasteiger partial charge in [0.15, 0.2) is 0 Å². The number of nitrogens with two attached hydrogens (primary N) is 1. The van der Waals surface area contributed by atoms with E-state index in [2.05, 4.69) is 13.8 Å². The molecule has 1 saturated carbocycles. The maximum atomic E-state index is 11.6. The molecule has 0 aromatic rings. The average molecular weight is 169 g/mol. The van der Waals surface area contributed by atoms with E-state index in [-0.39, 0.29) is 12.0 Å². The molecule has 0 radical (unpaired) electrons. The van der Waals surface area contributed by atoms with Crippen molar-refractivity contribution < 1.29 is 4.79 Å². The van der Waals surface area contributed by atoms with Crippen LogP contribution in [0.15, 0.2) is 0 Å². The minimum atomic E-state index is 0.149. The number of hydrogen-bond acceptors (Lipinski definition) is 2. The first-order chi connectivity index (χ1) is 5.61. The molecule has 2 atom stereocenters. The third kappa shape index (κ3) is 2.31. The molecule has 2 N–H and O–H groups in total.